The summed E-state index contributed by atoms with van der Waals surface area (Å²) in [6.45, 7) is 5.84. The van der Waals surface area contributed by atoms with Gasteiger partial charge >= 0.3 is 11.9 Å². The van der Waals surface area contributed by atoms with E-state index in [2.05, 4.69) is 0 Å². The summed E-state index contributed by atoms with van der Waals surface area (Å²) in [6, 6.07) is 17.7. The second-order valence-corrected chi connectivity index (χ2v) is 8.36. The molecule has 7 nitrogen and oxygen atoms in total. The first-order valence-corrected chi connectivity index (χ1v) is 11.7. The Hall–Kier alpha value is -3.97. The molecule has 0 radical (unpaired) electrons. The summed E-state index contributed by atoms with van der Waals surface area (Å²) in [4.78, 5) is 29.7. The van der Waals surface area contributed by atoms with E-state index < -0.39 is 18.0 Å². The summed E-state index contributed by atoms with van der Waals surface area (Å²) < 4.78 is 6.97. The van der Waals surface area contributed by atoms with Gasteiger partial charge in [-0.05, 0) is 54.7 Å². The molecule has 0 aliphatic carbocycles. The Balaban J connectivity index is 1.89. The number of ether oxygens (including phenoxy) is 1. The minimum absolute atomic E-state index is 0.0824. The molecule has 0 fully saturated rings. The van der Waals surface area contributed by atoms with E-state index in [4.69, 9.17) is 9.72 Å². The van der Waals surface area contributed by atoms with Crippen molar-refractivity contribution in [2.75, 3.05) is 6.61 Å². The molecule has 1 atom stereocenters. The summed E-state index contributed by atoms with van der Waals surface area (Å²) >= 11 is 0. The van der Waals surface area contributed by atoms with Crippen LogP contribution in [0.15, 0.2) is 60.7 Å². The van der Waals surface area contributed by atoms with E-state index in [1.807, 2.05) is 50.2 Å². The number of carbonyl (C=O) groups is 2. The fraction of sp³-hybridized carbons (Fsp3) is 0.250. The SMILES string of the molecule is CCCc1nc2c(C)ccc(C(O)c3ccc(-c4ccccc4)c(C(=O)O)c3)n2c1C(=O)OCC. The fourth-order valence-electron chi connectivity index (χ4n) is 4.32. The number of hydrogen-bond acceptors (Lipinski definition) is 5. The number of benzene rings is 2. The molecule has 0 bridgehead atoms. The molecular formula is C28H28N2O5. The number of aromatic carboxylic acids is 1. The lowest BCUT2D eigenvalue weighted by Gasteiger charge is -2.18. The number of rotatable bonds is 8. The fourth-order valence-corrected chi connectivity index (χ4v) is 4.32. The first-order chi connectivity index (χ1) is 16.9. The maximum absolute atomic E-state index is 12.9. The first-order valence-electron chi connectivity index (χ1n) is 11.7. The van der Waals surface area contributed by atoms with Crippen molar-refractivity contribution in [2.24, 2.45) is 0 Å². The molecule has 2 N–H and O–H groups in total. The molecule has 7 heteroatoms. The van der Waals surface area contributed by atoms with Crippen LogP contribution in [0, 0.1) is 6.92 Å². The number of pyridine rings is 1. The van der Waals surface area contributed by atoms with Crippen molar-refractivity contribution in [3.05, 3.63) is 94.4 Å². The highest BCUT2D eigenvalue weighted by atomic mass is 16.5. The Morgan fingerprint density at radius 3 is 2.46 bits per heavy atom. The van der Waals surface area contributed by atoms with E-state index in [0.29, 0.717) is 40.3 Å². The number of esters is 1. The van der Waals surface area contributed by atoms with E-state index in [9.17, 15) is 19.8 Å². The Bertz CT molecular complexity index is 1390. The maximum atomic E-state index is 12.9. The molecular weight excluding hydrogens is 444 g/mol. The molecule has 0 aliphatic rings. The van der Waals surface area contributed by atoms with Crippen LogP contribution in [0.2, 0.25) is 0 Å². The van der Waals surface area contributed by atoms with Crippen LogP contribution in [0.1, 0.15) is 69.7 Å². The van der Waals surface area contributed by atoms with Crippen LogP contribution in [-0.2, 0) is 11.2 Å². The van der Waals surface area contributed by atoms with Crippen LogP contribution in [0.25, 0.3) is 16.8 Å². The van der Waals surface area contributed by atoms with Crippen molar-refractivity contribution in [3.8, 4) is 11.1 Å². The molecule has 2 heterocycles. The van der Waals surface area contributed by atoms with E-state index in [0.717, 1.165) is 17.5 Å². The van der Waals surface area contributed by atoms with E-state index in [1.54, 1.807) is 29.5 Å². The number of aliphatic hydroxyl groups is 1. The topological polar surface area (TPSA) is 101 Å². The molecule has 0 saturated carbocycles. The number of carbonyl (C=O) groups excluding carboxylic acids is 1. The van der Waals surface area contributed by atoms with Crippen LogP contribution in [0.4, 0.5) is 0 Å². The Kier molecular flexibility index (Phi) is 6.98. The highest BCUT2D eigenvalue weighted by Gasteiger charge is 2.26. The molecule has 1 unspecified atom stereocenters. The monoisotopic (exact) mass is 472 g/mol. The third-order valence-corrected chi connectivity index (χ3v) is 5.97. The standard InChI is InChI=1S/C28H28N2O5/c1-4-9-22-24(28(34)35-5-2)30-23(15-12-17(3)26(30)29-22)25(31)19-13-14-20(21(16-19)27(32)33)18-10-7-6-8-11-18/h6-8,10-16,25,31H,4-5,9H2,1-3H3,(H,32,33). The van der Waals surface area contributed by atoms with Gasteiger partial charge in [0.05, 0.1) is 23.6 Å². The lowest BCUT2D eigenvalue weighted by atomic mass is 9.95. The number of carboxylic acids is 1. The van der Waals surface area contributed by atoms with Crippen LogP contribution >= 0.6 is 0 Å². The van der Waals surface area contributed by atoms with Gasteiger partial charge in [-0.25, -0.2) is 14.6 Å². The zero-order valence-corrected chi connectivity index (χ0v) is 20.0. The number of nitrogens with zero attached hydrogens (tertiary/aromatic N) is 2. The van der Waals surface area contributed by atoms with Gasteiger partial charge < -0.3 is 14.9 Å². The van der Waals surface area contributed by atoms with E-state index >= 15 is 0 Å². The number of aliphatic hydroxyl groups excluding tert-OH is 1. The smallest absolute Gasteiger partial charge is 0.357 e. The van der Waals surface area contributed by atoms with Crippen molar-refractivity contribution in [1.82, 2.24) is 9.38 Å². The van der Waals surface area contributed by atoms with E-state index in [-0.39, 0.29) is 12.2 Å². The molecule has 0 amide bonds. The largest absolute Gasteiger partial charge is 0.478 e. The molecule has 180 valence electrons. The molecule has 0 saturated heterocycles. The predicted molar refractivity (Wildman–Crippen MR) is 133 cm³/mol. The number of aromatic nitrogens is 2. The quantitative estimate of drug-likeness (QED) is 0.341. The summed E-state index contributed by atoms with van der Waals surface area (Å²) in [7, 11) is 0. The van der Waals surface area contributed by atoms with Gasteiger partial charge in [0.1, 0.15) is 11.8 Å². The summed E-state index contributed by atoms with van der Waals surface area (Å²) in [5.74, 6) is -1.60. The number of carboxylic acid groups (broad SMARTS) is 1. The van der Waals surface area contributed by atoms with Crippen molar-refractivity contribution in [2.45, 2.75) is 39.7 Å². The lowest BCUT2D eigenvalue weighted by molar-refractivity contribution is 0.0515. The van der Waals surface area contributed by atoms with Gasteiger partial charge in [0, 0.05) is 0 Å². The highest BCUT2D eigenvalue weighted by Crippen LogP contribution is 2.31. The second kappa shape index (κ2) is 10.1. The highest BCUT2D eigenvalue weighted by molar-refractivity contribution is 5.96. The molecule has 2 aromatic carbocycles. The van der Waals surface area contributed by atoms with Gasteiger partial charge in [-0.2, -0.15) is 0 Å². The molecule has 4 rings (SSSR count). The Morgan fingerprint density at radius 2 is 1.80 bits per heavy atom. The van der Waals surface area contributed by atoms with Crippen LogP contribution < -0.4 is 0 Å². The van der Waals surface area contributed by atoms with Crippen molar-refractivity contribution in [3.63, 3.8) is 0 Å². The van der Waals surface area contributed by atoms with Crippen LogP contribution in [0.5, 0.6) is 0 Å². The first kappa shape index (κ1) is 24.2. The average molecular weight is 473 g/mol. The summed E-state index contributed by atoms with van der Waals surface area (Å²) in [6.07, 6.45) is 0.175. The van der Waals surface area contributed by atoms with Gasteiger partial charge in [-0.15, -0.1) is 0 Å². The Morgan fingerprint density at radius 1 is 1.06 bits per heavy atom. The van der Waals surface area contributed by atoms with Gasteiger partial charge in [-0.1, -0.05) is 61.9 Å². The zero-order chi connectivity index (χ0) is 25.1. The number of imidazole rings is 1. The number of hydrogen-bond donors (Lipinski definition) is 2. The second-order valence-electron chi connectivity index (χ2n) is 8.36. The lowest BCUT2D eigenvalue weighted by Crippen LogP contribution is -2.15. The van der Waals surface area contributed by atoms with Crippen LogP contribution in [0.3, 0.4) is 0 Å². The number of aryl methyl sites for hydroxylation is 2. The van der Waals surface area contributed by atoms with Crippen molar-refractivity contribution >= 4 is 17.6 Å². The third kappa shape index (κ3) is 4.55. The van der Waals surface area contributed by atoms with Gasteiger partial charge in [-0.3, -0.25) is 4.40 Å². The normalized spacial score (nSPS) is 12.0. The van der Waals surface area contributed by atoms with Gasteiger partial charge in [0.2, 0.25) is 0 Å². The summed E-state index contributed by atoms with van der Waals surface area (Å²) in [5.41, 5.74) is 4.53. The van der Waals surface area contributed by atoms with Crippen molar-refractivity contribution < 1.29 is 24.5 Å². The summed E-state index contributed by atoms with van der Waals surface area (Å²) in [5, 5.41) is 21.3. The third-order valence-electron chi connectivity index (χ3n) is 5.97. The molecule has 0 aliphatic heterocycles. The van der Waals surface area contributed by atoms with E-state index in [1.165, 1.54) is 6.07 Å². The molecule has 35 heavy (non-hydrogen) atoms. The number of fused-ring (bicyclic) bond motifs is 1. The van der Waals surface area contributed by atoms with Gasteiger partial charge in [0.15, 0.2) is 5.69 Å². The van der Waals surface area contributed by atoms with Crippen molar-refractivity contribution in [1.29, 1.82) is 0 Å². The zero-order valence-electron chi connectivity index (χ0n) is 20.0. The average Bonchev–Trinajstić information content (AvgIpc) is 3.24. The maximum Gasteiger partial charge on any atom is 0.357 e. The minimum atomic E-state index is -1.20. The van der Waals surface area contributed by atoms with Gasteiger partial charge in [0.25, 0.3) is 0 Å². The molecule has 2 aromatic heterocycles. The predicted octanol–water partition coefficient (Wildman–Crippen LogP) is 5.22. The molecule has 0 spiro atoms. The van der Waals surface area contributed by atoms with Crippen LogP contribution in [-0.4, -0.2) is 38.1 Å². The Labute approximate surface area is 203 Å². The molecule has 4 aromatic rings. The minimum Gasteiger partial charge on any atom is -0.478 e.